The Kier molecular flexibility index (Phi) is 6.47. The molecule has 1 aliphatic rings. The first-order chi connectivity index (χ1) is 16.5. The zero-order chi connectivity index (χ0) is 23.7. The van der Waals surface area contributed by atoms with Crippen molar-refractivity contribution in [2.24, 2.45) is 0 Å². The van der Waals surface area contributed by atoms with Crippen LogP contribution in [0.3, 0.4) is 0 Å². The Hall–Kier alpha value is -3.04. The predicted molar refractivity (Wildman–Crippen MR) is 135 cm³/mol. The second-order valence-corrected chi connectivity index (χ2v) is 10.7. The molecular weight excluding hydrogens is 466 g/mol. The summed E-state index contributed by atoms with van der Waals surface area (Å²) in [5.41, 5.74) is 3.14. The van der Waals surface area contributed by atoms with Crippen LogP contribution in [0.2, 0.25) is 0 Å². The van der Waals surface area contributed by atoms with E-state index in [1.807, 2.05) is 34.9 Å². The maximum atomic E-state index is 13.4. The number of carbonyl (C=O) groups excluding carboxylic acids is 2. The smallest absolute Gasteiger partial charge is 0.252 e. The van der Waals surface area contributed by atoms with Gasteiger partial charge in [0.15, 0.2) is 5.65 Å². The van der Waals surface area contributed by atoms with E-state index in [0.717, 1.165) is 18.5 Å². The number of aromatic nitrogens is 3. The van der Waals surface area contributed by atoms with Gasteiger partial charge in [0.1, 0.15) is 6.04 Å². The molecule has 0 radical (unpaired) electrons. The van der Waals surface area contributed by atoms with Crippen molar-refractivity contribution >= 4 is 45.5 Å². The van der Waals surface area contributed by atoms with Crippen LogP contribution < -0.4 is 5.32 Å². The van der Waals surface area contributed by atoms with Crippen molar-refractivity contribution in [3.05, 3.63) is 67.8 Å². The van der Waals surface area contributed by atoms with E-state index in [1.165, 1.54) is 15.3 Å². The summed E-state index contributed by atoms with van der Waals surface area (Å²) in [7, 11) is 0. The van der Waals surface area contributed by atoms with Crippen LogP contribution >= 0.6 is 22.7 Å². The number of hydrogen-bond donors (Lipinski definition) is 1. The Balaban J connectivity index is 1.38. The molecule has 5 rings (SSSR count). The van der Waals surface area contributed by atoms with Crippen molar-refractivity contribution in [3.8, 4) is 0 Å². The molecule has 0 bridgehead atoms. The van der Waals surface area contributed by atoms with E-state index in [9.17, 15) is 9.59 Å². The second-order valence-electron chi connectivity index (χ2n) is 8.62. The van der Waals surface area contributed by atoms with Gasteiger partial charge in [0.05, 0.1) is 23.7 Å². The van der Waals surface area contributed by atoms with Crippen LogP contribution in [0.15, 0.2) is 41.2 Å². The summed E-state index contributed by atoms with van der Waals surface area (Å²) in [5.74, 6) is -0.270. The quantitative estimate of drug-likeness (QED) is 0.414. The SMILES string of the molecule is CCCC(NC(=O)c1cc(C)nc2c1cnn2Cc1cccs1)C(=O)N1CCc2sccc2C1. The highest BCUT2D eigenvalue weighted by Crippen LogP contribution is 2.25. The molecule has 0 fully saturated rings. The number of nitrogens with zero attached hydrogens (tertiary/aromatic N) is 4. The lowest BCUT2D eigenvalue weighted by Crippen LogP contribution is -2.49. The van der Waals surface area contributed by atoms with Crippen LogP contribution in [-0.4, -0.2) is 44.1 Å². The summed E-state index contributed by atoms with van der Waals surface area (Å²) in [6.45, 7) is 5.82. The van der Waals surface area contributed by atoms with Crippen molar-refractivity contribution in [2.75, 3.05) is 6.54 Å². The molecule has 34 heavy (non-hydrogen) atoms. The predicted octanol–water partition coefficient (Wildman–Crippen LogP) is 4.39. The van der Waals surface area contributed by atoms with E-state index >= 15 is 0 Å². The number of amides is 2. The Morgan fingerprint density at radius 3 is 2.91 bits per heavy atom. The van der Waals surface area contributed by atoms with E-state index in [0.29, 0.717) is 42.7 Å². The number of pyridine rings is 1. The highest BCUT2D eigenvalue weighted by atomic mass is 32.1. The van der Waals surface area contributed by atoms with Crippen LogP contribution in [0.25, 0.3) is 11.0 Å². The van der Waals surface area contributed by atoms with Gasteiger partial charge in [0.2, 0.25) is 5.91 Å². The van der Waals surface area contributed by atoms with Crippen LogP contribution in [0.4, 0.5) is 0 Å². The van der Waals surface area contributed by atoms with E-state index in [4.69, 9.17) is 0 Å². The summed E-state index contributed by atoms with van der Waals surface area (Å²) < 4.78 is 1.83. The summed E-state index contributed by atoms with van der Waals surface area (Å²) in [6.07, 6.45) is 3.98. The molecule has 0 spiro atoms. The van der Waals surface area contributed by atoms with Crippen molar-refractivity contribution in [2.45, 2.75) is 52.2 Å². The van der Waals surface area contributed by atoms with E-state index in [1.54, 1.807) is 34.9 Å². The molecule has 4 aromatic heterocycles. The first kappa shape index (κ1) is 22.7. The molecule has 9 heteroatoms. The fourth-order valence-electron chi connectivity index (χ4n) is 4.47. The Labute approximate surface area is 206 Å². The third-order valence-electron chi connectivity index (χ3n) is 6.17. The van der Waals surface area contributed by atoms with E-state index in [-0.39, 0.29) is 11.8 Å². The summed E-state index contributed by atoms with van der Waals surface area (Å²) in [6, 6.07) is 7.39. The monoisotopic (exact) mass is 493 g/mol. The van der Waals surface area contributed by atoms with Gasteiger partial charge >= 0.3 is 0 Å². The molecule has 0 saturated carbocycles. The van der Waals surface area contributed by atoms with Gasteiger partial charge in [0.25, 0.3) is 5.91 Å². The minimum absolute atomic E-state index is 0.0116. The lowest BCUT2D eigenvalue weighted by molar-refractivity contribution is -0.134. The minimum atomic E-state index is -0.553. The molecular formula is C25H27N5O2S2. The Morgan fingerprint density at radius 2 is 2.12 bits per heavy atom. The summed E-state index contributed by atoms with van der Waals surface area (Å²) in [4.78, 5) is 35.9. The second kappa shape index (κ2) is 9.68. The van der Waals surface area contributed by atoms with Gasteiger partial charge in [-0.3, -0.25) is 9.59 Å². The van der Waals surface area contributed by atoms with Crippen LogP contribution in [-0.2, 0) is 24.3 Å². The summed E-state index contributed by atoms with van der Waals surface area (Å²) in [5, 5.41) is 12.3. The molecule has 1 atom stereocenters. The summed E-state index contributed by atoms with van der Waals surface area (Å²) >= 11 is 3.41. The van der Waals surface area contributed by atoms with Crippen molar-refractivity contribution in [3.63, 3.8) is 0 Å². The third-order valence-corrected chi connectivity index (χ3v) is 8.05. The molecule has 5 heterocycles. The molecule has 1 unspecified atom stereocenters. The minimum Gasteiger partial charge on any atom is -0.340 e. The van der Waals surface area contributed by atoms with Crippen molar-refractivity contribution < 1.29 is 9.59 Å². The van der Waals surface area contributed by atoms with E-state index in [2.05, 4.69) is 32.9 Å². The lowest BCUT2D eigenvalue weighted by atomic mass is 10.0. The van der Waals surface area contributed by atoms with Gasteiger partial charge in [-0.25, -0.2) is 9.67 Å². The number of nitrogens with one attached hydrogen (secondary N) is 1. The van der Waals surface area contributed by atoms with Crippen molar-refractivity contribution in [1.29, 1.82) is 0 Å². The zero-order valence-corrected chi connectivity index (χ0v) is 20.9. The zero-order valence-electron chi connectivity index (χ0n) is 19.3. The van der Waals surface area contributed by atoms with E-state index < -0.39 is 6.04 Å². The largest absolute Gasteiger partial charge is 0.340 e. The number of carbonyl (C=O) groups is 2. The topological polar surface area (TPSA) is 80.1 Å². The van der Waals surface area contributed by atoms with Crippen LogP contribution in [0, 0.1) is 6.92 Å². The molecule has 176 valence electrons. The first-order valence-corrected chi connectivity index (χ1v) is 13.3. The van der Waals surface area contributed by atoms with Gasteiger partial charge < -0.3 is 10.2 Å². The number of fused-ring (bicyclic) bond motifs is 2. The average Bonchev–Trinajstić information content (AvgIpc) is 3.59. The standard InChI is InChI=1S/C25H27N5O2S2/c1-3-5-21(25(32)29-9-7-22-17(14-29)8-11-34-22)28-24(31)19-12-16(2)27-23-20(19)13-26-30(23)15-18-6-4-10-33-18/h4,6,8,10-13,21H,3,5,7,9,14-15H2,1-2H3,(H,28,31). The molecule has 1 aliphatic heterocycles. The number of thiophene rings is 2. The highest BCUT2D eigenvalue weighted by Gasteiger charge is 2.29. The maximum absolute atomic E-state index is 13.4. The van der Waals surface area contributed by atoms with Crippen LogP contribution in [0.1, 0.15) is 51.1 Å². The molecule has 1 N–H and O–H groups in total. The van der Waals surface area contributed by atoms with Gasteiger partial charge in [-0.05, 0) is 54.3 Å². The average molecular weight is 494 g/mol. The molecule has 0 aromatic carbocycles. The molecule has 0 saturated heterocycles. The molecule has 0 aliphatic carbocycles. The van der Waals surface area contributed by atoms with Gasteiger partial charge in [-0.15, -0.1) is 22.7 Å². The third kappa shape index (κ3) is 4.50. The lowest BCUT2D eigenvalue weighted by Gasteiger charge is -2.31. The van der Waals surface area contributed by atoms with Gasteiger partial charge in [-0.1, -0.05) is 19.4 Å². The normalized spacial score (nSPS) is 14.2. The van der Waals surface area contributed by atoms with Crippen LogP contribution in [0.5, 0.6) is 0 Å². The maximum Gasteiger partial charge on any atom is 0.252 e. The number of aryl methyl sites for hydroxylation is 1. The fourth-order valence-corrected chi connectivity index (χ4v) is 6.04. The Morgan fingerprint density at radius 1 is 1.24 bits per heavy atom. The molecule has 4 aromatic rings. The first-order valence-electron chi connectivity index (χ1n) is 11.5. The number of hydrogen-bond acceptors (Lipinski definition) is 6. The van der Waals surface area contributed by atoms with Gasteiger partial charge in [-0.2, -0.15) is 5.10 Å². The van der Waals surface area contributed by atoms with Crippen molar-refractivity contribution in [1.82, 2.24) is 25.0 Å². The molecule has 7 nitrogen and oxygen atoms in total. The van der Waals surface area contributed by atoms with Gasteiger partial charge in [0, 0.05) is 28.5 Å². The number of rotatable bonds is 7. The highest BCUT2D eigenvalue weighted by molar-refractivity contribution is 7.10. The Bertz CT molecular complexity index is 1320. The fraction of sp³-hybridized carbons (Fsp3) is 0.360. The molecule has 2 amide bonds.